The van der Waals surface area contributed by atoms with Crippen LogP contribution in [0, 0.1) is 0 Å². The number of nitrogens with zero attached hydrogens (tertiary/aromatic N) is 4. The molecule has 6 nitrogen and oxygen atoms in total. The molecule has 1 aliphatic heterocycles. The highest BCUT2D eigenvalue weighted by molar-refractivity contribution is 7.91. The SMILES string of the molecule is O=S1(=O)CCC(c2nnc3cncc(Cl)n23)C1. The zero-order chi connectivity index (χ0) is 12.0. The zero-order valence-electron chi connectivity index (χ0n) is 8.74. The molecule has 2 aromatic rings. The maximum atomic E-state index is 11.5. The lowest BCUT2D eigenvalue weighted by Crippen LogP contribution is -2.07. The Morgan fingerprint density at radius 1 is 1.35 bits per heavy atom. The third-order valence-electron chi connectivity index (χ3n) is 2.90. The van der Waals surface area contributed by atoms with Crippen molar-refractivity contribution in [3.63, 3.8) is 0 Å². The summed E-state index contributed by atoms with van der Waals surface area (Å²) in [6.45, 7) is 0. The fraction of sp³-hybridized carbons (Fsp3) is 0.444. The Hall–Kier alpha value is -1.21. The van der Waals surface area contributed by atoms with Gasteiger partial charge in [-0.3, -0.25) is 9.38 Å². The van der Waals surface area contributed by atoms with Gasteiger partial charge in [0.25, 0.3) is 0 Å². The lowest BCUT2D eigenvalue weighted by molar-refractivity contribution is 0.601. The smallest absolute Gasteiger partial charge is 0.180 e. The molecule has 1 saturated heterocycles. The van der Waals surface area contributed by atoms with Crippen molar-refractivity contribution in [3.8, 4) is 0 Å². The topological polar surface area (TPSA) is 77.2 Å². The Labute approximate surface area is 103 Å². The minimum Gasteiger partial charge on any atom is -0.266 e. The third-order valence-corrected chi connectivity index (χ3v) is 4.93. The Morgan fingerprint density at radius 2 is 2.18 bits per heavy atom. The monoisotopic (exact) mass is 272 g/mol. The molecule has 1 fully saturated rings. The van der Waals surface area contributed by atoms with Crippen molar-refractivity contribution in [1.82, 2.24) is 19.6 Å². The molecular weight excluding hydrogens is 264 g/mol. The van der Waals surface area contributed by atoms with E-state index in [1.165, 1.54) is 6.20 Å². The van der Waals surface area contributed by atoms with Gasteiger partial charge in [0, 0.05) is 5.92 Å². The van der Waals surface area contributed by atoms with Crippen LogP contribution in [0.2, 0.25) is 5.15 Å². The first-order valence-electron chi connectivity index (χ1n) is 5.12. The normalized spacial score (nSPS) is 23.2. The van der Waals surface area contributed by atoms with Crippen molar-refractivity contribution < 1.29 is 8.42 Å². The van der Waals surface area contributed by atoms with E-state index in [1.54, 1.807) is 10.6 Å². The first-order valence-corrected chi connectivity index (χ1v) is 7.32. The first-order chi connectivity index (χ1) is 8.07. The maximum Gasteiger partial charge on any atom is 0.180 e. The minimum absolute atomic E-state index is 0.118. The zero-order valence-corrected chi connectivity index (χ0v) is 10.3. The molecule has 0 aliphatic carbocycles. The first kappa shape index (κ1) is 10.9. The van der Waals surface area contributed by atoms with E-state index in [0.717, 1.165) is 0 Å². The van der Waals surface area contributed by atoms with Gasteiger partial charge in [0.1, 0.15) is 11.0 Å². The Balaban J connectivity index is 2.13. The second-order valence-corrected chi connectivity index (χ2v) is 6.70. The lowest BCUT2D eigenvalue weighted by Gasteiger charge is -2.06. The van der Waals surface area contributed by atoms with Crippen LogP contribution < -0.4 is 0 Å². The van der Waals surface area contributed by atoms with Crippen molar-refractivity contribution in [2.75, 3.05) is 11.5 Å². The van der Waals surface area contributed by atoms with Gasteiger partial charge < -0.3 is 0 Å². The summed E-state index contributed by atoms with van der Waals surface area (Å²) in [5, 5.41) is 8.37. The third kappa shape index (κ3) is 1.79. The molecule has 17 heavy (non-hydrogen) atoms. The fourth-order valence-corrected chi connectivity index (χ4v) is 4.07. The molecule has 1 unspecified atom stereocenters. The molecule has 0 aromatic carbocycles. The number of aromatic nitrogens is 4. The molecule has 90 valence electrons. The van der Waals surface area contributed by atoms with Gasteiger partial charge in [-0.1, -0.05) is 11.6 Å². The minimum atomic E-state index is -2.94. The predicted molar refractivity (Wildman–Crippen MR) is 61.8 cm³/mol. The molecule has 0 bridgehead atoms. The molecule has 8 heteroatoms. The molecule has 3 rings (SSSR count). The van der Waals surface area contributed by atoms with Crippen molar-refractivity contribution in [1.29, 1.82) is 0 Å². The quantitative estimate of drug-likeness (QED) is 0.763. The molecular formula is C9H9ClN4O2S. The van der Waals surface area contributed by atoms with Crippen molar-refractivity contribution in [2.45, 2.75) is 12.3 Å². The summed E-state index contributed by atoms with van der Waals surface area (Å²) in [6, 6.07) is 0. The van der Waals surface area contributed by atoms with E-state index in [4.69, 9.17) is 11.6 Å². The van der Waals surface area contributed by atoms with Crippen molar-refractivity contribution >= 4 is 27.1 Å². The van der Waals surface area contributed by atoms with E-state index in [-0.39, 0.29) is 17.4 Å². The van der Waals surface area contributed by atoms with Crippen LogP contribution >= 0.6 is 11.6 Å². The largest absolute Gasteiger partial charge is 0.266 e. The highest BCUT2D eigenvalue weighted by Crippen LogP contribution is 2.28. The van der Waals surface area contributed by atoms with Gasteiger partial charge in [0.05, 0.1) is 23.9 Å². The molecule has 0 radical (unpaired) electrons. The highest BCUT2D eigenvalue weighted by Gasteiger charge is 2.32. The van der Waals surface area contributed by atoms with Gasteiger partial charge in [0.2, 0.25) is 0 Å². The van der Waals surface area contributed by atoms with E-state index >= 15 is 0 Å². The molecule has 1 aliphatic rings. The van der Waals surface area contributed by atoms with Crippen LogP contribution in [-0.4, -0.2) is 39.5 Å². The average Bonchev–Trinajstić information content (AvgIpc) is 2.82. The fourth-order valence-electron chi connectivity index (χ4n) is 2.10. The lowest BCUT2D eigenvalue weighted by atomic mass is 10.1. The number of fused-ring (bicyclic) bond motifs is 1. The summed E-state index contributed by atoms with van der Waals surface area (Å²) in [4.78, 5) is 3.91. The number of hydrogen-bond donors (Lipinski definition) is 0. The number of hydrogen-bond acceptors (Lipinski definition) is 5. The van der Waals surface area contributed by atoms with Crippen LogP contribution in [-0.2, 0) is 9.84 Å². The van der Waals surface area contributed by atoms with E-state index in [0.29, 0.717) is 23.0 Å². The summed E-state index contributed by atoms with van der Waals surface area (Å²) < 4.78 is 24.6. The maximum absolute atomic E-state index is 11.5. The molecule has 0 amide bonds. The van der Waals surface area contributed by atoms with Crippen LogP contribution in [0.3, 0.4) is 0 Å². The van der Waals surface area contributed by atoms with Crippen molar-refractivity contribution in [3.05, 3.63) is 23.4 Å². The highest BCUT2D eigenvalue weighted by atomic mass is 35.5. The van der Waals surface area contributed by atoms with Crippen LogP contribution in [0.5, 0.6) is 0 Å². The van der Waals surface area contributed by atoms with E-state index < -0.39 is 9.84 Å². The van der Waals surface area contributed by atoms with Crippen LogP contribution in [0.15, 0.2) is 12.4 Å². The van der Waals surface area contributed by atoms with Crippen LogP contribution in [0.1, 0.15) is 18.2 Å². The van der Waals surface area contributed by atoms with Gasteiger partial charge in [-0.25, -0.2) is 8.42 Å². The summed E-state index contributed by atoms with van der Waals surface area (Å²) >= 11 is 6.02. The average molecular weight is 273 g/mol. The Bertz CT molecular complexity index is 681. The molecule has 2 aromatic heterocycles. The molecule has 3 heterocycles. The van der Waals surface area contributed by atoms with Crippen molar-refractivity contribution in [2.24, 2.45) is 0 Å². The second kappa shape index (κ2) is 3.64. The van der Waals surface area contributed by atoms with E-state index in [2.05, 4.69) is 15.2 Å². The molecule has 0 N–H and O–H groups in total. The summed E-state index contributed by atoms with van der Waals surface area (Å²) in [6.07, 6.45) is 3.61. The number of halogens is 1. The van der Waals surface area contributed by atoms with Gasteiger partial charge in [0.15, 0.2) is 15.5 Å². The summed E-state index contributed by atoms with van der Waals surface area (Å²) in [7, 11) is -2.94. The molecule has 0 spiro atoms. The van der Waals surface area contributed by atoms with E-state index in [9.17, 15) is 8.42 Å². The van der Waals surface area contributed by atoms with Crippen LogP contribution in [0.25, 0.3) is 5.65 Å². The second-order valence-electron chi connectivity index (χ2n) is 4.08. The Morgan fingerprint density at radius 3 is 2.88 bits per heavy atom. The predicted octanol–water partition coefficient (Wildman–Crippen LogP) is 0.680. The van der Waals surface area contributed by atoms with Crippen LogP contribution in [0.4, 0.5) is 0 Å². The Kier molecular flexibility index (Phi) is 2.34. The van der Waals surface area contributed by atoms with Gasteiger partial charge in [-0.2, -0.15) is 0 Å². The molecule has 0 saturated carbocycles. The van der Waals surface area contributed by atoms with E-state index in [1.807, 2.05) is 0 Å². The number of rotatable bonds is 1. The van der Waals surface area contributed by atoms with Gasteiger partial charge in [-0.15, -0.1) is 10.2 Å². The van der Waals surface area contributed by atoms with Gasteiger partial charge >= 0.3 is 0 Å². The standard InChI is InChI=1S/C9H9ClN4O2S/c10-7-3-11-4-8-12-13-9(14(7)8)6-1-2-17(15,16)5-6/h3-4,6H,1-2,5H2. The summed E-state index contributed by atoms with van der Waals surface area (Å²) in [5.41, 5.74) is 0.539. The number of sulfone groups is 1. The van der Waals surface area contributed by atoms with Gasteiger partial charge in [-0.05, 0) is 6.42 Å². The molecule has 1 atom stereocenters. The summed E-state index contributed by atoms with van der Waals surface area (Å²) in [5.74, 6) is 0.797.